The van der Waals surface area contributed by atoms with E-state index in [1.807, 2.05) is 45.2 Å². The Morgan fingerprint density at radius 2 is 2.18 bits per heavy atom. The van der Waals surface area contributed by atoms with E-state index in [0.717, 1.165) is 18.7 Å². The Bertz CT molecular complexity index is 498. The van der Waals surface area contributed by atoms with Crippen molar-refractivity contribution >= 4 is 6.09 Å². The molecule has 0 spiro atoms. The second kappa shape index (κ2) is 6.65. The van der Waals surface area contributed by atoms with Gasteiger partial charge < -0.3 is 9.64 Å². The van der Waals surface area contributed by atoms with Gasteiger partial charge in [0.25, 0.3) is 0 Å². The number of ether oxygens (including phenoxy) is 1. The van der Waals surface area contributed by atoms with E-state index in [4.69, 9.17) is 4.74 Å². The standard InChI is InChI=1S/C17H27N3O2/c1-13(15-8-6-7-10-18-15)19(5)14-9-11-20(12-14)16(21)22-17(2,3)4/h6-8,10,13-14H,9,11-12H2,1-5H3/t13-,14+/m0/s1. The van der Waals surface area contributed by atoms with Crippen LogP contribution in [0.2, 0.25) is 0 Å². The van der Waals surface area contributed by atoms with E-state index < -0.39 is 5.60 Å². The summed E-state index contributed by atoms with van der Waals surface area (Å²) in [4.78, 5) is 20.7. The van der Waals surface area contributed by atoms with Gasteiger partial charge >= 0.3 is 6.09 Å². The first-order valence-electron chi connectivity index (χ1n) is 7.89. The Balaban J connectivity index is 1.94. The van der Waals surface area contributed by atoms with Crippen molar-refractivity contribution in [3.05, 3.63) is 30.1 Å². The number of carbonyl (C=O) groups excluding carboxylic acids is 1. The number of hydrogen-bond acceptors (Lipinski definition) is 4. The lowest BCUT2D eigenvalue weighted by molar-refractivity contribution is 0.0278. The topological polar surface area (TPSA) is 45.7 Å². The molecule has 1 aromatic heterocycles. The van der Waals surface area contributed by atoms with Gasteiger partial charge in [-0.1, -0.05) is 6.07 Å². The summed E-state index contributed by atoms with van der Waals surface area (Å²) in [6.45, 7) is 9.30. The zero-order valence-electron chi connectivity index (χ0n) is 14.2. The number of likely N-dealkylation sites (tertiary alicyclic amines) is 1. The van der Waals surface area contributed by atoms with Crippen molar-refractivity contribution in [2.75, 3.05) is 20.1 Å². The smallest absolute Gasteiger partial charge is 0.410 e. The second-order valence-corrected chi connectivity index (χ2v) is 6.96. The predicted molar refractivity (Wildman–Crippen MR) is 86.6 cm³/mol. The lowest BCUT2D eigenvalue weighted by Gasteiger charge is -2.30. The molecule has 22 heavy (non-hydrogen) atoms. The number of likely N-dealkylation sites (N-methyl/N-ethyl adjacent to an activating group) is 1. The maximum absolute atomic E-state index is 12.1. The van der Waals surface area contributed by atoms with E-state index in [0.29, 0.717) is 12.6 Å². The molecule has 0 unspecified atom stereocenters. The summed E-state index contributed by atoms with van der Waals surface area (Å²) in [6.07, 6.45) is 2.57. The monoisotopic (exact) mass is 305 g/mol. The number of amides is 1. The van der Waals surface area contributed by atoms with Crippen molar-refractivity contribution in [3.8, 4) is 0 Å². The highest BCUT2D eigenvalue weighted by atomic mass is 16.6. The van der Waals surface area contributed by atoms with Gasteiger partial charge in [0.2, 0.25) is 0 Å². The summed E-state index contributed by atoms with van der Waals surface area (Å²) < 4.78 is 5.45. The molecule has 0 aromatic carbocycles. The molecule has 2 rings (SSSR count). The van der Waals surface area contributed by atoms with Gasteiger partial charge in [0.1, 0.15) is 5.60 Å². The van der Waals surface area contributed by atoms with Gasteiger partial charge in [0.05, 0.1) is 5.69 Å². The first-order chi connectivity index (χ1) is 10.3. The van der Waals surface area contributed by atoms with E-state index in [1.165, 1.54) is 0 Å². The normalized spacial score (nSPS) is 20.3. The first-order valence-corrected chi connectivity index (χ1v) is 7.89. The van der Waals surface area contributed by atoms with Crippen molar-refractivity contribution in [1.82, 2.24) is 14.8 Å². The van der Waals surface area contributed by atoms with Crippen LogP contribution < -0.4 is 0 Å². The largest absolute Gasteiger partial charge is 0.444 e. The second-order valence-electron chi connectivity index (χ2n) is 6.96. The number of rotatable bonds is 3. The fourth-order valence-corrected chi connectivity index (χ4v) is 2.71. The summed E-state index contributed by atoms with van der Waals surface area (Å²) in [7, 11) is 2.10. The van der Waals surface area contributed by atoms with Crippen LogP contribution in [-0.4, -0.2) is 52.7 Å². The third-order valence-electron chi connectivity index (χ3n) is 4.12. The van der Waals surface area contributed by atoms with Crippen molar-refractivity contribution in [2.24, 2.45) is 0 Å². The SMILES string of the molecule is C[C@@H](c1ccccn1)N(C)[C@@H]1CCN(C(=O)OC(C)(C)C)C1. The number of carbonyl (C=O) groups is 1. The molecule has 1 amide bonds. The van der Waals surface area contributed by atoms with Gasteiger partial charge in [-0.05, 0) is 53.3 Å². The van der Waals surface area contributed by atoms with Crippen LogP contribution in [-0.2, 0) is 4.74 Å². The molecule has 1 aliphatic rings. The maximum Gasteiger partial charge on any atom is 0.410 e. The van der Waals surface area contributed by atoms with Crippen molar-refractivity contribution < 1.29 is 9.53 Å². The number of nitrogens with zero attached hydrogens (tertiary/aromatic N) is 3. The minimum Gasteiger partial charge on any atom is -0.444 e. The van der Waals surface area contributed by atoms with Crippen LogP contribution in [0.3, 0.4) is 0 Å². The first kappa shape index (κ1) is 16.7. The van der Waals surface area contributed by atoms with Crippen LogP contribution in [0.1, 0.15) is 45.9 Å². The quantitative estimate of drug-likeness (QED) is 0.861. The highest BCUT2D eigenvalue weighted by molar-refractivity contribution is 5.68. The maximum atomic E-state index is 12.1. The molecule has 2 atom stereocenters. The van der Waals surface area contributed by atoms with E-state index in [-0.39, 0.29) is 12.1 Å². The fourth-order valence-electron chi connectivity index (χ4n) is 2.71. The van der Waals surface area contributed by atoms with Crippen molar-refractivity contribution in [3.63, 3.8) is 0 Å². The van der Waals surface area contributed by atoms with Crippen LogP contribution >= 0.6 is 0 Å². The molecule has 1 aromatic rings. The van der Waals surface area contributed by atoms with E-state index in [2.05, 4.69) is 23.9 Å². The van der Waals surface area contributed by atoms with Crippen LogP contribution in [0, 0.1) is 0 Å². The Hall–Kier alpha value is -1.62. The van der Waals surface area contributed by atoms with E-state index in [1.54, 1.807) is 4.90 Å². The molecule has 5 heteroatoms. The average Bonchev–Trinajstić information content (AvgIpc) is 2.95. The van der Waals surface area contributed by atoms with Gasteiger partial charge in [-0.2, -0.15) is 0 Å². The molecule has 2 heterocycles. The molecule has 1 saturated heterocycles. The van der Waals surface area contributed by atoms with Gasteiger partial charge in [0, 0.05) is 31.4 Å². The fraction of sp³-hybridized carbons (Fsp3) is 0.647. The van der Waals surface area contributed by atoms with Crippen LogP contribution in [0.4, 0.5) is 4.79 Å². The van der Waals surface area contributed by atoms with Gasteiger partial charge in [-0.25, -0.2) is 4.79 Å². The molecule has 122 valence electrons. The zero-order chi connectivity index (χ0) is 16.3. The molecule has 0 bridgehead atoms. The van der Waals surface area contributed by atoms with E-state index in [9.17, 15) is 4.79 Å². The van der Waals surface area contributed by atoms with E-state index >= 15 is 0 Å². The Morgan fingerprint density at radius 1 is 1.45 bits per heavy atom. The molecule has 0 radical (unpaired) electrons. The highest BCUT2D eigenvalue weighted by Crippen LogP contribution is 2.24. The summed E-state index contributed by atoms with van der Waals surface area (Å²) in [5.74, 6) is 0. The molecular weight excluding hydrogens is 278 g/mol. The Morgan fingerprint density at radius 3 is 2.77 bits per heavy atom. The molecule has 0 aliphatic carbocycles. The summed E-state index contributed by atoms with van der Waals surface area (Å²) in [5, 5.41) is 0. The molecule has 0 saturated carbocycles. The van der Waals surface area contributed by atoms with Crippen LogP contribution in [0.5, 0.6) is 0 Å². The zero-order valence-corrected chi connectivity index (χ0v) is 14.2. The van der Waals surface area contributed by atoms with Crippen molar-refractivity contribution in [1.29, 1.82) is 0 Å². The lowest BCUT2D eigenvalue weighted by Crippen LogP contribution is -2.40. The van der Waals surface area contributed by atoms with Gasteiger partial charge in [-0.15, -0.1) is 0 Å². The van der Waals surface area contributed by atoms with Gasteiger partial charge in [0.15, 0.2) is 0 Å². The third kappa shape index (κ3) is 4.19. The predicted octanol–water partition coefficient (Wildman–Crippen LogP) is 3.08. The molecule has 1 aliphatic heterocycles. The lowest BCUT2D eigenvalue weighted by atomic mass is 10.1. The summed E-state index contributed by atoms with van der Waals surface area (Å²) in [5.41, 5.74) is 0.614. The molecular formula is C17H27N3O2. The third-order valence-corrected chi connectivity index (χ3v) is 4.12. The molecule has 1 fully saturated rings. The average molecular weight is 305 g/mol. The summed E-state index contributed by atoms with van der Waals surface area (Å²) >= 11 is 0. The molecule has 5 nitrogen and oxygen atoms in total. The summed E-state index contributed by atoms with van der Waals surface area (Å²) in [6, 6.07) is 6.54. The number of hydrogen-bond donors (Lipinski definition) is 0. The van der Waals surface area contributed by atoms with Gasteiger partial charge in [-0.3, -0.25) is 9.88 Å². The minimum atomic E-state index is -0.442. The highest BCUT2D eigenvalue weighted by Gasteiger charge is 2.33. The van der Waals surface area contributed by atoms with Crippen LogP contribution in [0.15, 0.2) is 24.4 Å². The van der Waals surface area contributed by atoms with Crippen molar-refractivity contribution in [2.45, 2.75) is 51.8 Å². The van der Waals surface area contributed by atoms with Crippen LogP contribution in [0.25, 0.3) is 0 Å². The Labute approximate surface area is 133 Å². The minimum absolute atomic E-state index is 0.214. The Kier molecular flexibility index (Phi) is 5.06. The molecule has 0 N–H and O–H groups in total. The number of pyridine rings is 1. The number of aromatic nitrogens is 1.